The van der Waals surface area contributed by atoms with E-state index in [1.54, 1.807) is 18.3 Å². The molecule has 196 valence electrons. The van der Waals surface area contributed by atoms with Crippen LogP contribution in [0.1, 0.15) is 5.56 Å². The van der Waals surface area contributed by atoms with Crippen LogP contribution in [0.15, 0.2) is 48.8 Å². The van der Waals surface area contributed by atoms with Gasteiger partial charge in [-0.25, -0.2) is 9.97 Å². The van der Waals surface area contributed by atoms with Gasteiger partial charge in [-0.1, -0.05) is 18.2 Å². The van der Waals surface area contributed by atoms with E-state index in [9.17, 15) is 13.2 Å². The average molecular weight is 514 g/mol. The van der Waals surface area contributed by atoms with E-state index in [0.717, 1.165) is 28.6 Å². The summed E-state index contributed by atoms with van der Waals surface area (Å²) in [5.74, 6) is 0.584. The van der Waals surface area contributed by atoms with Gasteiger partial charge in [0.2, 0.25) is 11.8 Å². The number of fused-ring (bicyclic) bond motifs is 1. The number of likely N-dealkylation sites (N-methyl/N-ethyl adjacent to an activating group) is 2. The van der Waals surface area contributed by atoms with Gasteiger partial charge in [0.05, 0.1) is 5.69 Å². The number of anilines is 3. The molecular formula is C26H30F3N7O. The van der Waals surface area contributed by atoms with Crippen molar-refractivity contribution < 1.29 is 17.9 Å². The minimum atomic E-state index is -4.51. The molecule has 11 heteroatoms. The number of pyridine rings is 1. The first-order chi connectivity index (χ1) is 17.5. The molecule has 0 radical (unpaired) electrons. The van der Waals surface area contributed by atoms with Gasteiger partial charge in [0.1, 0.15) is 11.5 Å². The Labute approximate surface area is 213 Å². The van der Waals surface area contributed by atoms with Gasteiger partial charge >= 0.3 is 6.18 Å². The molecule has 0 bridgehead atoms. The number of nitrogens with one attached hydrogen (secondary N) is 1. The third kappa shape index (κ3) is 6.29. The van der Waals surface area contributed by atoms with Gasteiger partial charge in [0.15, 0.2) is 6.61 Å². The number of hydrogen-bond donors (Lipinski definition) is 1. The van der Waals surface area contributed by atoms with E-state index in [2.05, 4.69) is 20.3 Å². The molecular weight excluding hydrogens is 483 g/mol. The van der Waals surface area contributed by atoms with E-state index >= 15 is 0 Å². The van der Waals surface area contributed by atoms with E-state index < -0.39 is 12.8 Å². The highest BCUT2D eigenvalue weighted by Gasteiger charge is 2.29. The predicted octanol–water partition coefficient (Wildman–Crippen LogP) is 5.02. The Hall–Kier alpha value is -3.86. The lowest BCUT2D eigenvalue weighted by atomic mass is 10.1. The number of alkyl halides is 3. The van der Waals surface area contributed by atoms with Gasteiger partial charge in [0.25, 0.3) is 0 Å². The van der Waals surface area contributed by atoms with Crippen molar-refractivity contribution in [2.75, 3.05) is 51.1 Å². The molecule has 0 saturated carbocycles. The summed E-state index contributed by atoms with van der Waals surface area (Å²) in [5.41, 5.74) is 3.68. The lowest BCUT2D eigenvalue weighted by molar-refractivity contribution is -0.153. The van der Waals surface area contributed by atoms with Crippen LogP contribution < -0.4 is 15.0 Å². The number of benzene rings is 1. The second kappa shape index (κ2) is 10.6. The van der Waals surface area contributed by atoms with Crippen LogP contribution in [-0.2, 0) is 7.05 Å². The summed E-state index contributed by atoms with van der Waals surface area (Å²) in [4.78, 5) is 17.3. The SMILES string of the molecule is Cc1cc(Nc2nccc(-c3cn(C)c4ccccc34)n2)c(OCC(F)(F)F)nc1N(C)CCN(C)C. The molecule has 3 heterocycles. The summed E-state index contributed by atoms with van der Waals surface area (Å²) < 4.78 is 46.1. The maximum absolute atomic E-state index is 13.0. The molecule has 0 aliphatic carbocycles. The zero-order valence-corrected chi connectivity index (χ0v) is 21.5. The van der Waals surface area contributed by atoms with Crippen LogP contribution >= 0.6 is 0 Å². The molecule has 3 aromatic heterocycles. The molecule has 0 amide bonds. The Morgan fingerprint density at radius 2 is 1.81 bits per heavy atom. The number of para-hydroxylation sites is 1. The number of aryl methyl sites for hydroxylation is 2. The maximum atomic E-state index is 13.0. The van der Waals surface area contributed by atoms with Crippen LogP contribution in [0.4, 0.5) is 30.6 Å². The molecule has 0 saturated heterocycles. The van der Waals surface area contributed by atoms with E-state index in [1.807, 2.05) is 79.9 Å². The summed E-state index contributed by atoms with van der Waals surface area (Å²) in [6, 6.07) is 11.5. The molecule has 0 aliphatic rings. The molecule has 8 nitrogen and oxygen atoms in total. The Morgan fingerprint density at radius 3 is 2.54 bits per heavy atom. The van der Waals surface area contributed by atoms with E-state index in [1.165, 1.54) is 0 Å². The third-order valence-corrected chi connectivity index (χ3v) is 5.84. The summed E-state index contributed by atoms with van der Waals surface area (Å²) in [7, 11) is 7.70. The van der Waals surface area contributed by atoms with E-state index in [4.69, 9.17) is 4.74 Å². The molecule has 4 aromatic rings. The normalized spacial score (nSPS) is 11.8. The molecule has 0 fully saturated rings. The number of halogens is 3. The lowest BCUT2D eigenvalue weighted by Crippen LogP contribution is -2.29. The topological polar surface area (TPSA) is 71.3 Å². The van der Waals surface area contributed by atoms with Crippen LogP contribution in [0.2, 0.25) is 0 Å². The van der Waals surface area contributed by atoms with Gasteiger partial charge in [-0.2, -0.15) is 18.2 Å². The number of ether oxygens (including phenoxy) is 1. The van der Waals surface area contributed by atoms with Crippen LogP contribution in [-0.4, -0.2) is 71.4 Å². The highest BCUT2D eigenvalue weighted by atomic mass is 19.4. The summed E-state index contributed by atoms with van der Waals surface area (Å²) in [6.07, 6.45) is -0.920. The fourth-order valence-electron chi connectivity index (χ4n) is 4.01. The molecule has 0 aliphatic heterocycles. The first kappa shape index (κ1) is 26.2. The fourth-order valence-corrected chi connectivity index (χ4v) is 4.01. The molecule has 0 unspecified atom stereocenters. The van der Waals surface area contributed by atoms with Crippen LogP contribution in [0.25, 0.3) is 22.2 Å². The minimum absolute atomic E-state index is 0.172. The zero-order valence-electron chi connectivity index (χ0n) is 21.5. The standard InChI is InChI=1S/C26H30F3N7O/c1-17-14-21(24(37-16-26(27,28)29)33-23(17)35(4)13-12-34(2)3)32-25-30-11-10-20(31-25)19-15-36(5)22-9-7-6-8-18(19)22/h6-11,14-15H,12-13,16H2,1-5H3,(H,30,31,32). The van der Waals surface area contributed by atoms with Gasteiger partial charge in [0, 0.05) is 56.0 Å². The Bertz CT molecular complexity index is 1380. The van der Waals surface area contributed by atoms with Crippen molar-refractivity contribution in [1.29, 1.82) is 0 Å². The van der Waals surface area contributed by atoms with E-state index in [-0.39, 0.29) is 17.5 Å². The van der Waals surface area contributed by atoms with Gasteiger partial charge in [-0.15, -0.1) is 0 Å². The zero-order chi connectivity index (χ0) is 26.7. The van der Waals surface area contributed by atoms with Crippen LogP contribution in [0.3, 0.4) is 0 Å². The Morgan fingerprint density at radius 1 is 1.05 bits per heavy atom. The van der Waals surface area contributed by atoms with Crippen molar-refractivity contribution in [3.05, 3.63) is 54.4 Å². The number of aromatic nitrogens is 4. The van der Waals surface area contributed by atoms with Crippen LogP contribution in [0.5, 0.6) is 5.88 Å². The van der Waals surface area contributed by atoms with Gasteiger partial charge < -0.3 is 24.4 Å². The second-order valence-electron chi connectivity index (χ2n) is 9.17. The Kier molecular flexibility index (Phi) is 7.53. The predicted molar refractivity (Wildman–Crippen MR) is 140 cm³/mol. The Balaban J connectivity index is 1.68. The van der Waals surface area contributed by atoms with Crippen molar-refractivity contribution in [2.45, 2.75) is 13.1 Å². The molecule has 37 heavy (non-hydrogen) atoms. The van der Waals surface area contributed by atoms with E-state index in [0.29, 0.717) is 18.1 Å². The van der Waals surface area contributed by atoms with Gasteiger partial charge in [-0.3, -0.25) is 0 Å². The first-order valence-electron chi connectivity index (χ1n) is 11.7. The molecule has 4 rings (SSSR count). The monoisotopic (exact) mass is 513 g/mol. The fraction of sp³-hybridized carbons (Fsp3) is 0.346. The molecule has 1 N–H and O–H groups in total. The first-order valence-corrected chi connectivity index (χ1v) is 11.7. The minimum Gasteiger partial charge on any atom is -0.466 e. The summed E-state index contributed by atoms with van der Waals surface area (Å²) in [5, 5.41) is 4.05. The highest BCUT2D eigenvalue weighted by Crippen LogP contribution is 2.33. The smallest absolute Gasteiger partial charge is 0.422 e. The number of nitrogens with zero attached hydrogens (tertiary/aromatic N) is 6. The average Bonchev–Trinajstić information content (AvgIpc) is 3.18. The molecule has 0 atom stereocenters. The summed E-state index contributed by atoms with van der Waals surface area (Å²) in [6.45, 7) is 1.78. The largest absolute Gasteiger partial charge is 0.466 e. The van der Waals surface area contributed by atoms with Crippen molar-refractivity contribution in [1.82, 2.24) is 24.4 Å². The highest BCUT2D eigenvalue weighted by molar-refractivity contribution is 5.95. The quantitative estimate of drug-likeness (QED) is 0.337. The molecule has 0 spiro atoms. The third-order valence-electron chi connectivity index (χ3n) is 5.84. The number of hydrogen-bond acceptors (Lipinski definition) is 7. The van der Waals surface area contributed by atoms with Crippen LogP contribution in [0, 0.1) is 6.92 Å². The van der Waals surface area contributed by atoms with Crippen molar-refractivity contribution in [2.24, 2.45) is 7.05 Å². The second-order valence-corrected chi connectivity index (χ2v) is 9.17. The van der Waals surface area contributed by atoms with Gasteiger partial charge in [-0.05, 0) is 44.8 Å². The number of rotatable bonds is 9. The maximum Gasteiger partial charge on any atom is 0.422 e. The van der Waals surface area contributed by atoms with Crippen molar-refractivity contribution in [3.63, 3.8) is 0 Å². The molecule has 1 aromatic carbocycles. The van der Waals surface area contributed by atoms with Crippen molar-refractivity contribution >= 4 is 28.4 Å². The summed E-state index contributed by atoms with van der Waals surface area (Å²) >= 11 is 0. The lowest BCUT2D eigenvalue weighted by Gasteiger charge is -2.24. The van der Waals surface area contributed by atoms with Crippen molar-refractivity contribution in [3.8, 4) is 17.1 Å².